The Hall–Kier alpha value is -1.06. The van der Waals surface area contributed by atoms with Gasteiger partial charge in [0.2, 0.25) is 0 Å². The summed E-state index contributed by atoms with van der Waals surface area (Å²) in [7, 11) is 0. The summed E-state index contributed by atoms with van der Waals surface area (Å²) in [5.74, 6) is 1.91. The minimum Gasteiger partial charge on any atom is -0.466 e. The summed E-state index contributed by atoms with van der Waals surface area (Å²) >= 11 is 1.78. The number of hydrogen-bond acceptors (Lipinski definition) is 3. The van der Waals surface area contributed by atoms with Crippen LogP contribution in [-0.4, -0.2) is 0 Å². The third kappa shape index (κ3) is 2.05. The summed E-state index contributed by atoms with van der Waals surface area (Å²) < 4.78 is 5.66. The molecular formula is C14H19NOS. The minimum atomic E-state index is -0.0638. The van der Waals surface area contributed by atoms with Crippen molar-refractivity contribution >= 4 is 11.3 Å². The molecule has 0 saturated carbocycles. The Morgan fingerprint density at radius 3 is 2.18 bits per heavy atom. The van der Waals surface area contributed by atoms with E-state index in [1.807, 2.05) is 13.8 Å². The van der Waals surface area contributed by atoms with E-state index in [9.17, 15) is 0 Å². The molecule has 0 bridgehead atoms. The molecule has 17 heavy (non-hydrogen) atoms. The molecule has 0 aromatic carbocycles. The van der Waals surface area contributed by atoms with E-state index in [-0.39, 0.29) is 6.04 Å². The molecule has 0 amide bonds. The van der Waals surface area contributed by atoms with E-state index in [0.29, 0.717) is 0 Å². The van der Waals surface area contributed by atoms with Crippen LogP contribution in [0.2, 0.25) is 0 Å². The number of hydrogen-bond donors (Lipinski definition) is 1. The number of furan rings is 1. The molecule has 0 aliphatic rings. The van der Waals surface area contributed by atoms with Gasteiger partial charge in [0.1, 0.15) is 11.5 Å². The SMILES string of the molecule is Cc1cc(C)c(C(N)c2c(C)oc(C)c2C)s1. The van der Waals surface area contributed by atoms with Gasteiger partial charge in [0.25, 0.3) is 0 Å². The fourth-order valence-electron chi connectivity index (χ4n) is 2.37. The predicted octanol–water partition coefficient (Wildman–Crippen LogP) is 3.93. The molecule has 2 aromatic rings. The monoisotopic (exact) mass is 249 g/mol. The second kappa shape index (κ2) is 4.31. The maximum absolute atomic E-state index is 6.40. The summed E-state index contributed by atoms with van der Waals surface area (Å²) in [5, 5.41) is 0. The van der Waals surface area contributed by atoms with Crippen LogP contribution < -0.4 is 5.73 Å². The number of rotatable bonds is 2. The van der Waals surface area contributed by atoms with Crippen LogP contribution in [-0.2, 0) is 0 Å². The highest BCUT2D eigenvalue weighted by Gasteiger charge is 2.21. The van der Waals surface area contributed by atoms with Gasteiger partial charge in [-0.1, -0.05) is 0 Å². The lowest BCUT2D eigenvalue weighted by atomic mass is 10.00. The van der Waals surface area contributed by atoms with Gasteiger partial charge in [-0.05, 0) is 51.8 Å². The van der Waals surface area contributed by atoms with E-state index in [2.05, 4.69) is 26.8 Å². The second-order valence-corrected chi connectivity index (χ2v) is 5.92. The Kier molecular flexibility index (Phi) is 3.15. The van der Waals surface area contributed by atoms with Crippen LogP contribution in [0.3, 0.4) is 0 Å². The van der Waals surface area contributed by atoms with E-state index < -0.39 is 0 Å². The maximum Gasteiger partial charge on any atom is 0.106 e. The van der Waals surface area contributed by atoms with Crippen molar-refractivity contribution in [2.45, 2.75) is 40.7 Å². The molecule has 0 fully saturated rings. The largest absolute Gasteiger partial charge is 0.466 e. The first kappa shape index (κ1) is 12.4. The highest BCUT2D eigenvalue weighted by molar-refractivity contribution is 7.12. The average molecular weight is 249 g/mol. The average Bonchev–Trinajstić information content (AvgIpc) is 2.68. The molecule has 2 N–H and O–H groups in total. The van der Waals surface area contributed by atoms with Crippen LogP contribution in [0.25, 0.3) is 0 Å². The van der Waals surface area contributed by atoms with Crippen molar-refractivity contribution in [2.24, 2.45) is 5.73 Å². The van der Waals surface area contributed by atoms with Crippen molar-refractivity contribution in [1.29, 1.82) is 0 Å². The van der Waals surface area contributed by atoms with E-state index in [0.717, 1.165) is 17.1 Å². The van der Waals surface area contributed by atoms with Crippen molar-refractivity contribution in [3.63, 3.8) is 0 Å². The zero-order chi connectivity index (χ0) is 12.7. The van der Waals surface area contributed by atoms with Gasteiger partial charge in [-0.15, -0.1) is 11.3 Å². The molecule has 0 saturated heterocycles. The van der Waals surface area contributed by atoms with Gasteiger partial charge in [0, 0.05) is 15.3 Å². The van der Waals surface area contributed by atoms with Crippen molar-refractivity contribution in [3.05, 3.63) is 44.0 Å². The maximum atomic E-state index is 6.40. The molecule has 2 rings (SSSR count). The molecule has 3 heteroatoms. The smallest absolute Gasteiger partial charge is 0.106 e. The van der Waals surface area contributed by atoms with E-state index in [1.54, 1.807) is 11.3 Å². The van der Waals surface area contributed by atoms with Crippen molar-refractivity contribution < 1.29 is 4.42 Å². The highest BCUT2D eigenvalue weighted by atomic mass is 32.1. The third-order valence-corrected chi connectivity index (χ3v) is 4.53. The summed E-state index contributed by atoms with van der Waals surface area (Å²) in [6.45, 7) is 10.3. The first-order valence-electron chi connectivity index (χ1n) is 5.80. The van der Waals surface area contributed by atoms with Crippen molar-refractivity contribution in [1.82, 2.24) is 0 Å². The quantitative estimate of drug-likeness (QED) is 0.875. The van der Waals surface area contributed by atoms with Crippen molar-refractivity contribution in [3.8, 4) is 0 Å². The van der Waals surface area contributed by atoms with Crippen LogP contribution in [0.15, 0.2) is 10.5 Å². The van der Waals surface area contributed by atoms with Gasteiger partial charge in [0.05, 0.1) is 6.04 Å². The van der Waals surface area contributed by atoms with Crippen LogP contribution in [0.5, 0.6) is 0 Å². The topological polar surface area (TPSA) is 39.2 Å². The van der Waals surface area contributed by atoms with Crippen LogP contribution in [0, 0.1) is 34.6 Å². The molecular weight excluding hydrogens is 230 g/mol. The highest BCUT2D eigenvalue weighted by Crippen LogP contribution is 2.35. The Bertz CT molecular complexity index is 551. The molecule has 2 heterocycles. The number of nitrogens with two attached hydrogens (primary N) is 1. The number of thiophene rings is 1. The molecule has 2 nitrogen and oxygen atoms in total. The summed E-state index contributed by atoms with van der Waals surface area (Å²) in [5.41, 5.74) is 10.00. The van der Waals surface area contributed by atoms with E-state index in [4.69, 9.17) is 10.2 Å². The molecule has 2 aromatic heterocycles. The Morgan fingerprint density at radius 2 is 1.76 bits per heavy atom. The van der Waals surface area contributed by atoms with Gasteiger partial charge >= 0.3 is 0 Å². The first-order chi connectivity index (χ1) is 7.91. The first-order valence-corrected chi connectivity index (χ1v) is 6.62. The van der Waals surface area contributed by atoms with Crippen LogP contribution in [0.1, 0.15) is 44.0 Å². The van der Waals surface area contributed by atoms with Gasteiger partial charge in [0.15, 0.2) is 0 Å². The lowest BCUT2D eigenvalue weighted by molar-refractivity contribution is 0.498. The van der Waals surface area contributed by atoms with E-state index >= 15 is 0 Å². The fraction of sp³-hybridized carbons (Fsp3) is 0.429. The molecule has 0 spiro atoms. The van der Waals surface area contributed by atoms with Crippen LogP contribution in [0.4, 0.5) is 0 Å². The second-order valence-electron chi connectivity index (χ2n) is 4.64. The lowest BCUT2D eigenvalue weighted by Gasteiger charge is -2.11. The zero-order valence-electron chi connectivity index (χ0n) is 11.0. The van der Waals surface area contributed by atoms with Gasteiger partial charge in [-0.3, -0.25) is 0 Å². The summed E-state index contributed by atoms with van der Waals surface area (Å²) in [6, 6.07) is 2.13. The Labute approximate surface area is 106 Å². The third-order valence-electron chi connectivity index (χ3n) is 3.29. The predicted molar refractivity (Wildman–Crippen MR) is 72.7 cm³/mol. The summed E-state index contributed by atoms with van der Waals surface area (Å²) in [6.07, 6.45) is 0. The lowest BCUT2D eigenvalue weighted by Crippen LogP contribution is -2.12. The normalized spacial score (nSPS) is 13.1. The molecule has 92 valence electrons. The minimum absolute atomic E-state index is 0.0638. The standard InChI is InChI=1S/C14H19NOS/c1-7-6-8(2)17-14(7)13(15)12-9(3)10(4)16-11(12)5/h6,13H,15H2,1-5H3. The fourth-order valence-corrected chi connectivity index (χ4v) is 3.41. The number of aryl methyl sites for hydroxylation is 4. The van der Waals surface area contributed by atoms with Gasteiger partial charge in [-0.25, -0.2) is 0 Å². The molecule has 0 aliphatic carbocycles. The van der Waals surface area contributed by atoms with Crippen molar-refractivity contribution in [2.75, 3.05) is 0 Å². The molecule has 0 aliphatic heterocycles. The van der Waals surface area contributed by atoms with Gasteiger partial charge in [-0.2, -0.15) is 0 Å². The Balaban J connectivity index is 2.50. The summed E-state index contributed by atoms with van der Waals surface area (Å²) in [4.78, 5) is 2.55. The Morgan fingerprint density at radius 1 is 1.12 bits per heavy atom. The molecule has 1 unspecified atom stereocenters. The molecule has 1 atom stereocenters. The zero-order valence-corrected chi connectivity index (χ0v) is 11.9. The van der Waals surface area contributed by atoms with Crippen LogP contribution >= 0.6 is 11.3 Å². The van der Waals surface area contributed by atoms with Gasteiger partial charge < -0.3 is 10.2 Å². The van der Waals surface area contributed by atoms with E-state index in [1.165, 1.54) is 20.9 Å². The molecule has 0 radical (unpaired) electrons.